The number of anilines is 2. The summed E-state index contributed by atoms with van der Waals surface area (Å²) < 4.78 is 33.2. The second-order valence-corrected chi connectivity index (χ2v) is 10.2. The number of nitrogens with zero attached hydrogens (tertiary/aromatic N) is 3. The van der Waals surface area contributed by atoms with Crippen LogP contribution in [0.1, 0.15) is 44.5 Å². The summed E-state index contributed by atoms with van der Waals surface area (Å²) in [5, 5.41) is 2.76. The smallest absolute Gasteiger partial charge is 0.281 e. The molecule has 1 saturated heterocycles. The molecule has 1 aliphatic heterocycles. The van der Waals surface area contributed by atoms with Crippen molar-refractivity contribution in [3.63, 3.8) is 0 Å². The lowest BCUT2D eigenvalue weighted by Crippen LogP contribution is -2.41. The Balaban J connectivity index is 1.79. The minimum atomic E-state index is -4.17. The average molecular weight is 462 g/mol. The summed E-state index contributed by atoms with van der Waals surface area (Å²) in [6.45, 7) is 10.5. The Kier molecular flexibility index (Phi) is 7.35. The Morgan fingerprint density at radius 1 is 1.28 bits per heavy atom. The van der Waals surface area contributed by atoms with E-state index in [2.05, 4.69) is 45.7 Å². The number of aromatic nitrogens is 2. The molecule has 3 heterocycles. The molecule has 0 radical (unpaired) electrons. The van der Waals surface area contributed by atoms with Crippen molar-refractivity contribution in [3.8, 4) is 0 Å². The molecular formula is C22H31N5O4S. The van der Waals surface area contributed by atoms with Crippen LogP contribution in [0.15, 0.2) is 41.6 Å². The fraction of sp³-hybridized carbons (Fsp3) is 0.500. The third-order valence-corrected chi connectivity index (χ3v) is 6.57. The molecule has 3 rings (SSSR count). The predicted octanol–water partition coefficient (Wildman–Crippen LogP) is 2.67. The molecule has 2 aromatic rings. The lowest BCUT2D eigenvalue weighted by Gasteiger charge is -2.33. The first-order valence-corrected chi connectivity index (χ1v) is 12.2. The van der Waals surface area contributed by atoms with E-state index >= 15 is 0 Å². The van der Waals surface area contributed by atoms with E-state index in [0.29, 0.717) is 37.3 Å². The molecule has 1 aliphatic rings. The zero-order valence-corrected chi connectivity index (χ0v) is 19.8. The van der Waals surface area contributed by atoms with Crippen LogP contribution in [-0.4, -0.2) is 56.1 Å². The van der Waals surface area contributed by atoms with Crippen molar-refractivity contribution >= 4 is 27.6 Å². The van der Waals surface area contributed by atoms with Crippen LogP contribution >= 0.6 is 0 Å². The SMILES string of the molecule is CCOCCNc1cccc(S(=O)(=O)NC(=O)c2cccnc2N2CC(C)CC2(C)C)n1. The highest BCUT2D eigenvalue weighted by atomic mass is 32.2. The summed E-state index contributed by atoms with van der Waals surface area (Å²) in [4.78, 5) is 23.6. The maximum atomic E-state index is 13.0. The molecule has 0 bridgehead atoms. The van der Waals surface area contributed by atoms with Crippen LogP contribution in [0.5, 0.6) is 0 Å². The van der Waals surface area contributed by atoms with Crippen LogP contribution in [0.4, 0.5) is 11.6 Å². The van der Waals surface area contributed by atoms with Crippen LogP contribution in [0.2, 0.25) is 0 Å². The van der Waals surface area contributed by atoms with Crippen LogP contribution in [0.25, 0.3) is 0 Å². The van der Waals surface area contributed by atoms with Gasteiger partial charge in [-0.15, -0.1) is 0 Å². The van der Waals surface area contributed by atoms with Gasteiger partial charge in [0.2, 0.25) is 0 Å². The van der Waals surface area contributed by atoms with Crippen molar-refractivity contribution in [2.45, 2.75) is 44.7 Å². The fourth-order valence-electron chi connectivity index (χ4n) is 4.04. The number of sulfonamides is 1. The number of carbonyl (C=O) groups is 1. The average Bonchev–Trinajstić information content (AvgIpc) is 3.03. The van der Waals surface area contributed by atoms with Crippen molar-refractivity contribution in [3.05, 3.63) is 42.1 Å². The molecule has 1 unspecified atom stereocenters. The zero-order valence-electron chi connectivity index (χ0n) is 19.0. The van der Waals surface area contributed by atoms with Gasteiger partial charge in [0.25, 0.3) is 15.9 Å². The monoisotopic (exact) mass is 461 g/mol. The number of nitrogens with one attached hydrogen (secondary N) is 2. The van der Waals surface area contributed by atoms with Crippen LogP contribution < -0.4 is 14.9 Å². The van der Waals surface area contributed by atoms with Gasteiger partial charge in [-0.3, -0.25) is 4.79 Å². The molecule has 9 nitrogen and oxygen atoms in total. The second-order valence-electron chi connectivity index (χ2n) is 8.53. The van der Waals surface area contributed by atoms with E-state index in [0.717, 1.165) is 13.0 Å². The highest BCUT2D eigenvalue weighted by Gasteiger charge is 2.39. The van der Waals surface area contributed by atoms with Gasteiger partial charge in [0.1, 0.15) is 11.6 Å². The van der Waals surface area contributed by atoms with Gasteiger partial charge < -0.3 is 15.0 Å². The quantitative estimate of drug-likeness (QED) is 0.548. The fourth-order valence-corrected chi connectivity index (χ4v) is 4.97. The van der Waals surface area contributed by atoms with Gasteiger partial charge in [-0.05, 0) is 57.4 Å². The minimum absolute atomic E-state index is 0.190. The first kappa shape index (κ1) is 23.9. The molecule has 0 saturated carbocycles. The van der Waals surface area contributed by atoms with Crippen molar-refractivity contribution in [1.82, 2.24) is 14.7 Å². The van der Waals surface area contributed by atoms with Crippen molar-refractivity contribution in [2.24, 2.45) is 5.92 Å². The molecule has 1 fully saturated rings. The summed E-state index contributed by atoms with van der Waals surface area (Å²) >= 11 is 0. The number of ether oxygens (including phenoxy) is 1. The zero-order chi connectivity index (χ0) is 23.4. The molecule has 10 heteroatoms. The minimum Gasteiger partial charge on any atom is -0.380 e. The van der Waals surface area contributed by atoms with Crippen molar-refractivity contribution < 1.29 is 17.9 Å². The Morgan fingerprint density at radius 2 is 2.06 bits per heavy atom. The van der Waals surface area contributed by atoms with Gasteiger partial charge in [-0.2, -0.15) is 8.42 Å². The normalized spacial score (nSPS) is 17.9. The Labute approximate surface area is 189 Å². The third kappa shape index (κ3) is 5.55. The molecule has 2 N–H and O–H groups in total. The number of pyridine rings is 2. The van der Waals surface area contributed by atoms with Gasteiger partial charge in [-0.1, -0.05) is 13.0 Å². The standard InChI is InChI=1S/C22H31N5O4S/c1-5-31-13-12-23-18-9-6-10-19(25-18)32(29,30)26-21(28)17-8-7-11-24-20(17)27-15-16(2)14-22(27,3)4/h6-11,16H,5,12-15H2,1-4H3,(H,23,25)(H,26,28). The summed E-state index contributed by atoms with van der Waals surface area (Å²) in [5.41, 5.74) is 0.0225. The first-order valence-electron chi connectivity index (χ1n) is 10.7. The number of hydrogen-bond donors (Lipinski definition) is 2. The summed E-state index contributed by atoms with van der Waals surface area (Å²) in [7, 11) is -4.17. The topological polar surface area (TPSA) is 114 Å². The van der Waals surface area contributed by atoms with Gasteiger partial charge in [-0.25, -0.2) is 14.7 Å². The number of amides is 1. The molecule has 0 aliphatic carbocycles. The Bertz CT molecular complexity index is 1060. The van der Waals surface area contributed by atoms with Crippen LogP contribution in [-0.2, 0) is 14.8 Å². The van der Waals surface area contributed by atoms with E-state index in [9.17, 15) is 13.2 Å². The largest absolute Gasteiger partial charge is 0.380 e. The third-order valence-electron chi connectivity index (χ3n) is 5.34. The van der Waals surface area contributed by atoms with E-state index in [4.69, 9.17) is 4.74 Å². The maximum Gasteiger partial charge on any atom is 0.281 e. The summed E-state index contributed by atoms with van der Waals surface area (Å²) in [6.07, 6.45) is 2.56. The molecule has 0 spiro atoms. The second kappa shape index (κ2) is 9.83. The lowest BCUT2D eigenvalue weighted by atomic mass is 9.97. The van der Waals surface area contributed by atoms with Gasteiger partial charge in [0.15, 0.2) is 5.03 Å². The van der Waals surface area contributed by atoms with Gasteiger partial charge in [0.05, 0.1) is 12.2 Å². The van der Waals surface area contributed by atoms with Gasteiger partial charge >= 0.3 is 0 Å². The Hall–Kier alpha value is -2.72. The molecule has 1 atom stereocenters. The Morgan fingerprint density at radius 3 is 2.75 bits per heavy atom. The van der Waals surface area contributed by atoms with E-state index in [1.54, 1.807) is 30.5 Å². The number of rotatable bonds is 9. The van der Waals surface area contributed by atoms with E-state index in [-0.39, 0.29) is 16.1 Å². The first-order chi connectivity index (χ1) is 15.1. The molecule has 174 valence electrons. The molecule has 2 aromatic heterocycles. The van der Waals surface area contributed by atoms with E-state index in [1.807, 2.05) is 6.92 Å². The number of hydrogen-bond acceptors (Lipinski definition) is 8. The predicted molar refractivity (Wildman–Crippen MR) is 123 cm³/mol. The van der Waals surface area contributed by atoms with E-state index < -0.39 is 15.9 Å². The summed E-state index contributed by atoms with van der Waals surface area (Å²) in [6, 6.07) is 7.78. The highest BCUT2D eigenvalue weighted by Crippen LogP contribution is 2.37. The van der Waals surface area contributed by atoms with Crippen molar-refractivity contribution in [1.29, 1.82) is 0 Å². The highest BCUT2D eigenvalue weighted by molar-refractivity contribution is 7.90. The van der Waals surface area contributed by atoms with Crippen molar-refractivity contribution in [2.75, 3.05) is 36.5 Å². The molecule has 32 heavy (non-hydrogen) atoms. The molecular weight excluding hydrogens is 430 g/mol. The maximum absolute atomic E-state index is 13.0. The molecule has 0 aromatic carbocycles. The summed E-state index contributed by atoms with van der Waals surface area (Å²) in [5.74, 6) is 0.567. The van der Waals surface area contributed by atoms with E-state index in [1.165, 1.54) is 6.07 Å². The van der Waals surface area contributed by atoms with Gasteiger partial charge in [0, 0.05) is 31.4 Å². The van der Waals surface area contributed by atoms with Crippen LogP contribution in [0, 0.1) is 5.92 Å². The van der Waals surface area contributed by atoms with Crippen LogP contribution in [0.3, 0.4) is 0 Å². The number of carbonyl (C=O) groups excluding carboxylic acids is 1. The lowest BCUT2D eigenvalue weighted by molar-refractivity contribution is 0.0981. The molecule has 1 amide bonds.